The van der Waals surface area contributed by atoms with Crippen LogP contribution in [0.25, 0.3) is 16.8 Å². The first-order valence-corrected chi connectivity index (χ1v) is 12.3. The quantitative estimate of drug-likeness (QED) is 0.407. The molecule has 0 bridgehead atoms. The van der Waals surface area contributed by atoms with Crippen molar-refractivity contribution in [3.8, 4) is 22.6 Å². The topological polar surface area (TPSA) is 116 Å². The minimum absolute atomic E-state index is 0.209. The van der Waals surface area contributed by atoms with Crippen LogP contribution < -0.4 is 26.0 Å². The molecule has 0 atom stereocenters. The van der Waals surface area contributed by atoms with Crippen molar-refractivity contribution in [1.29, 1.82) is 0 Å². The number of primary amides is 1. The largest absolute Gasteiger partial charge is 0.492 e. The summed E-state index contributed by atoms with van der Waals surface area (Å²) >= 11 is 0. The van der Waals surface area contributed by atoms with E-state index in [0.29, 0.717) is 48.1 Å². The third-order valence-electron chi connectivity index (χ3n) is 6.69. The maximum absolute atomic E-state index is 13.6. The Balaban J connectivity index is 1.51. The summed E-state index contributed by atoms with van der Waals surface area (Å²) in [4.78, 5) is 40.9. The molecule has 1 aliphatic rings. The van der Waals surface area contributed by atoms with E-state index in [1.165, 1.54) is 15.6 Å². The van der Waals surface area contributed by atoms with Gasteiger partial charge in [-0.25, -0.2) is 18.8 Å². The number of amides is 3. The molecule has 1 saturated heterocycles. The van der Waals surface area contributed by atoms with Gasteiger partial charge in [0.2, 0.25) is 5.91 Å². The molecule has 1 aromatic heterocycles. The molecule has 194 valence electrons. The Morgan fingerprint density at radius 2 is 1.74 bits per heavy atom. The Labute approximate surface area is 219 Å². The van der Waals surface area contributed by atoms with E-state index in [4.69, 9.17) is 10.5 Å². The Bertz CT molecular complexity index is 1590. The molecule has 4 aromatic rings. The van der Waals surface area contributed by atoms with E-state index in [1.807, 2.05) is 50.2 Å². The van der Waals surface area contributed by atoms with Crippen LogP contribution in [0.4, 0.5) is 16.2 Å². The predicted molar refractivity (Wildman–Crippen MR) is 145 cm³/mol. The van der Waals surface area contributed by atoms with Crippen molar-refractivity contribution in [3.05, 3.63) is 88.6 Å². The van der Waals surface area contributed by atoms with Gasteiger partial charge in [-0.1, -0.05) is 24.3 Å². The number of rotatable bonds is 7. The smallest absolute Gasteiger partial charge is 0.350 e. The summed E-state index contributed by atoms with van der Waals surface area (Å²) in [5.41, 5.74) is 10.4. The fourth-order valence-corrected chi connectivity index (χ4v) is 4.77. The fraction of sp³-hybridized carbons (Fsp3) is 0.214. The molecule has 10 heteroatoms. The maximum atomic E-state index is 13.6. The first kappa shape index (κ1) is 24.8. The maximum Gasteiger partial charge on any atom is 0.350 e. The highest BCUT2D eigenvalue weighted by Crippen LogP contribution is 2.40. The van der Waals surface area contributed by atoms with E-state index in [2.05, 4.69) is 5.10 Å². The number of carbonyl (C=O) groups is 2. The fourth-order valence-electron chi connectivity index (χ4n) is 4.77. The Kier molecular flexibility index (Phi) is 6.46. The molecule has 3 amide bonds. The minimum Gasteiger partial charge on any atom is -0.492 e. The van der Waals surface area contributed by atoms with Gasteiger partial charge in [-0.05, 0) is 66.9 Å². The van der Waals surface area contributed by atoms with Crippen LogP contribution in [-0.4, -0.2) is 46.0 Å². The average molecular weight is 513 g/mol. The van der Waals surface area contributed by atoms with Crippen molar-refractivity contribution in [2.45, 2.75) is 13.8 Å². The number of aromatic nitrogens is 3. The highest BCUT2D eigenvalue weighted by atomic mass is 16.5. The van der Waals surface area contributed by atoms with Crippen LogP contribution >= 0.6 is 0 Å². The molecular weight excluding hydrogens is 484 g/mol. The van der Waals surface area contributed by atoms with Crippen molar-refractivity contribution in [3.63, 3.8) is 0 Å². The molecule has 0 spiro atoms. The number of hydrogen-bond acceptors (Lipinski definition) is 5. The standard InChI is InChI=1S/C28H28N6O4/c1-4-38-24-13-12-23(19-8-10-21(11-9-19)34-17-30-31(3)27(34)36)18(2)25(24)33-15-14-32(28(33)37)22-7-5-6-20(16-22)26(29)35/h5-13,16-17H,4,14-15H2,1-3H3,(H2,29,35). The summed E-state index contributed by atoms with van der Waals surface area (Å²) < 4.78 is 8.68. The summed E-state index contributed by atoms with van der Waals surface area (Å²) in [6, 6.07) is 18.0. The van der Waals surface area contributed by atoms with Crippen LogP contribution in [0.3, 0.4) is 0 Å². The van der Waals surface area contributed by atoms with Crippen molar-refractivity contribution in [2.75, 3.05) is 29.5 Å². The number of anilines is 2. The van der Waals surface area contributed by atoms with Crippen LogP contribution in [0.2, 0.25) is 0 Å². The van der Waals surface area contributed by atoms with E-state index in [0.717, 1.165) is 16.7 Å². The monoisotopic (exact) mass is 512 g/mol. The Morgan fingerprint density at radius 3 is 2.39 bits per heavy atom. The van der Waals surface area contributed by atoms with Crippen molar-refractivity contribution >= 4 is 23.3 Å². The zero-order valence-corrected chi connectivity index (χ0v) is 21.4. The highest BCUT2D eigenvalue weighted by Gasteiger charge is 2.34. The Hall–Kier alpha value is -4.86. The molecule has 0 radical (unpaired) electrons. The SMILES string of the molecule is CCOc1ccc(-c2ccc(-n3cnn(C)c3=O)cc2)c(C)c1N1CCN(c2cccc(C(N)=O)c2)C1=O. The molecule has 1 fully saturated rings. The van der Waals surface area contributed by atoms with Crippen molar-refractivity contribution < 1.29 is 14.3 Å². The van der Waals surface area contributed by atoms with Crippen LogP contribution in [0.1, 0.15) is 22.8 Å². The van der Waals surface area contributed by atoms with Gasteiger partial charge in [-0.15, -0.1) is 0 Å². The molecular formula is C28H28N6O4. The van der Waals surface area contributed by atoms with Gasteiger partial charge in [0.1, 0.15) is 12.1 Å². The first-order valence-electron chi connectivity index (χ1n) is 12.3. The summed E-state index contributed by atoms with van der Waals surface area (Å²) in [7, 11) is 1.60. The highest BCUT2D eigenvalue weighted by molar-refractivity contribution is 6.08. The number of hydrogen-bond donors (Lipinski definition) is 1. The normalized spacial score (nSPS) is 13.3. The molecule has 10 nitrogen and oxygen atoms in total. The van der Waals surface area contributed by atoms with Crippen LogP contribution in [0.15, 0.2) is 71.8 Å². The number of nitrogens with zero attached hydrogens (tertiary/aromatic N) is 5. The summed E-state index contributed by atoms with van der Waals surface area (Å²) in [5.74, 6) is 0.0744. The van der Waals surface area contributed by atoms with E-state index in [1.54, 1.807) is 41.1 Å². The lowest BCUT2D eigenvalue weighted by Gasteiger charge is -2.24. The summed E-state index contributed by atoms with van der Waals surface area (Å²) in [6.07, 6.45) is 1.49. The minimum atomic E-state index is -0.544. The summed E-state index contributed by atoms with van der Waals surface area (Å²) in [6.45, 7) is 5.22. The van der Waals surface area contributed by atoms with E-state index in [9.17, 15) is 14.4 Å². The zero-order valence-electron chi connectivity index (χ0n) is 21.4. The molecule has 3 aromatic carbocycles. The second kappa shape index (κ2) is 9.89. The molecule has 0 aliphatic carbocycles. The molecule has 5 rings (SSSR count). The average Bonchev–Trinajstić information content (AvgIpc) is 3.46. The van der Waals surface area contributed by atoms with E-state index >= 15 is 0 Å². The van der Waals surface area contributed by atoms with Crippen LogP contribution in [-0.2, 0) is 7.05 Å². The van der Waals surface area contributed by atoms with Gasteiger partial charge in [-0.2, -0.15) is 5.10 Å². The molecule has 2 N–H and O–H groups in total. The van der Waals surface area contributed by atoms with Crippen molar-refractivity contribution in [1.82, 2.24) is 14.3 Å². The summed E-state index contributed by atoms with van der Waals surface area (Å²) in [5, 5.41) is 4.01. The second-order valence-corrected chi connectivity index (χ2v) is 8.97. The third-order valence-corrected chi connectivity index (χ3v) is 6.69. The van der Waals surface area contributed by atoms with E-state index < -0.39 is 5.91 Å². The van der Waals surface area contributed by atoms with E-state index in [-0.39, 0.29) is 11.7 Å². The zero-order chi connectivity index (χ0) is 27.0. The second-order valence-electron chi connectivity index (χ2n) is 8.97. The number of aryl methyl sites for hydroxylation is 1. The van der Waals surface area contributed by atoms with Gasteiger partial charge in [0.15, 0.2) is 0 Å². The van der Waals surface area contributed by atoms with Gasteiger partial charge in [0.25, 0.3) is 0 Å². The van der Waals surface area contributed by atoms with Crippen molar-refractivity contribution in [2.24, 2.45) is 12.8 Å². The number of nitrogens with two attached hydrogens (primary N) is 1. The van der Waals surface area contributed by atoms with Gasteiger partial charge in [-0.3, -0.25) is 14.6 Å². The van der Waals surface area contributed by atoms with Gasteiger partial charge < -0.3 is 10.5 Å². The lowest BCUT2D eigenvalue weighted by molar-refractivity contribution is 0.1000. The lowest BCUT2D eigenvalue weighted by Crippen LogP contribution is -2.32. The predicted octanol–water partition coefficient (Wildman–Crippen LogP) is 3.49. The van der Waals surface area contributed by atoms with Gasteiger partial charge >= 0.3 is 11.7 Å². The molecule has 1 aliphatic heterocycles. The molecule has 2 heterocycles. The molecule has 0 unspecified atom stereocenters. The lowest BCUT2D eigenvalue weighted by atomic mass is 9.97. The first-order chi connectivity index (χ1) is 18.3. The van der Waals surface area contributed by atoms with Crippen LogP contribution in [0, 0.1) is 6.92 Å². The Morgan fingerprint density at radius 1 is 1.00 bits per heavy atom. The number of carbonyl (C=O) groups excluding carboxylic acids is 2. The van der Waals surface area contributed by atoms with Gasteiger partial charge in [0, 0.05) is 31.4 Å². The number of urea groups is 1. The van der Waals surface area contributed by atoms with Crippen LogP contribution in [0.5, 0.6) is 5.75 Å². The molecule has 0 saturated carbocycles. The number of ether oxygens (including phenoxy) is 1. The third kappa shape index (κ3) is 4.30. The van der Waals surface area contributed by atoms with Gasteiger partial charge in [0.05, 0.1) is 18.0 Å². The number of benzene rings is 3. The molecule has 38 heavy (non-hydrogen) atoms.